The molecule has 1 heterocycles. The van der Waals surface area contributed by atoms with Crippen molar-refractivity contribution in [3.63, 3.8) is 0 Å². The molecule has 0 aliphatic carbocycles. The first-order valence-corrected chi connectivity index (χ1v) is 4.62. The molecule has 1 fully saturated rings. The summed E-state index contributed by atoms with van der Waals surface area (Å²) in [5.41, 5.74) is 0. The Morgan fingerprint density at radius 1 is 1.71 bits per heavy atom. The predicted octanol–water partition coefficient (Wildman–Crippen LogP) is -1.38. The second-order valence-electron chi connectivity index (χ2n) is 3.41. The summed E-state index contributed by atoms with van der Waals surface area (Å²) in [7, 11) is 1.59. The van der Waals surface area contributed by atoms with Crippen molar-refractivity contribution in [2.45, 2.75) is 12.8 Å². The Morgan fingerprint density at radius 3 is 2.93 bits per heavy atom. The van der Waals surface area contributed by atoms with Gasteiger partial charge in [0, 0.05) is 45.1 Å². The van der Waals surface area contributed by atoms with Gasteiger partial charge in [-0.25, -0.2) is 0 Å². The van der Waals surface area contributed by atoms with Gasteiger partial charge in [-0.15, -0.1) is 0 Å². The first kappa shape index (κ1) is 11.0. The van der Waals surface area contributed by atoms with E-state index < -0.39 is 11.9 Å². The highest BCUT2D eigenvalue weighted by Crippen LogP contribution is 2.16. The Labute approximate surface area is 82.6 Å². The van der Waals surface area contributed by atoms with Crippen LogP contribution in [0.15, 0.2) is 0 Å². The van der Waals surface area contributed by atoms with Gasteiger partial charge in [-0.05, 0) is 6.42 Å². The maximum Gasteiger partial charge on any atom is 0.223 e. The number of aliphatic carboxylic acids is 1. The standard InChI is InChI=1S/C9H15NO4/c1-14-4-2-3-10-6-7(9(12)13)5-8(10)11/h7H,2-6H2,1H3,(H,12,13)/p-1/t7-/m1/s1. The van der Waals surface area contributed by atoms with Gasteiger partial charge in [0.15, 0.2) is 0 Å². The largest absolute Gasteiger partial charge is 0.550 e. The minimum Gasteiger partial charge on any atom is -0.550 e. The number of rotatable bonds is 5. The number of amides is 1. The van der Waals surface area contributed by atoms with E-state index >= 15 is 0 Å². The molecular formula is C9H14NO4-. The summed E-state index contributed by atoms with van der Waals surface area (Å²) < 4.78 is 4.84. The summed E-state index contributed by atoms with van der Waals surface area (Å²) in [6, 6.07) is 0. The zero-order chi connectivity index (χ0) is 10.6. The number of carboxylic acid groups (broad SMARTS) is 1. The lowest BCUT2D eigenvalue weighted by molar-refractivity contribution is -0.311. The fourth-order valence-electron chi connectivity index (χ4n) is 1.55. The smallest absolute Gasteiger partial charge is 0.223 e. The normalized spacial score (nSPS) is 21.6. The van der Waals surface area contributed by atoms with E-state index in [1.54, 1.807) is 12.0 Å². The van der Waals surface area contributed by atoms with E-state index in [9.17, 15) is 14.7 Å². The zero-order valence-electron chi connectivity index (χ0n) is 8.19. The van der Waals surface area contributed by atoms with E-state index in [0.717, 1.165) is 6.42 Å². The van der Waals surface area contributed by atoms with E-state index in [2.05, 4.69) is 0 Å². The fraction of sp³-hybridized carbons (Fsp3) is 0.778. The third-order valence-electron chi connectivity index (χ3n) is 2.32. The van der Waals surface area contributed by atoms with Crippen LogP contribution in [0.1, 0.15) is 12.8 Å². The molecule has 5 nitrogen and oxygen atoms in total. The maximum atomic E-state index is 11.3. The highest BCUT2D eigenvalue weighted by molar-refractivity contribution is 5.85. The van der Waals surface area contributed by atoms with Crippen molar-refractivity contribution >= 4 is 11.9 Å². The molecule has 1 amide bonds. The summed E-state index contributed by atoms with van der Waals surface area (Å²) >= 11 is 0. The molecule has 0 spiro atoms. The second-order valence-corrected chi connectivity index (χ2v) is 3.41. The van der Waals surface area contributed by atoms with Crippen LogP contribution < -0.4 is 5.11 Å². The molecule has 0 bridgehead atoms. The van der Waals surface area contributed by atoms with Crippen LogP contribution in [0.3, 0.4) is 0 Å². The Hall–Kier alpha value is -1.10. The van der Waals surface area contributed by atoms with Gasteiger partial charge in [-0.1, -0.05) is 0 Å². The Balaban J connectivity index is 2.33. The molecule has 14 heavy (non-hydrogen) atoms. The van der Waals surface area contributed by atoms with E-state index in [4.69, 9.17) is 4.74 Å². The van der Waals surface area contributed by atoms with Gasteiger partial charge in [-0.3, -0.25) is 4.79 Å². The molecule has 0 aromatic heterocycles. The Kier molecular flexibility index (Phi) is 3.88. The van der Waals surface area contributed by atoms with Gasteiger partial charge in [0.1, 0.15) is 0 Å². The molecule has 0 saturated carbocycles. The topological polar surface area (TPSA) is 69.7 Å². The van der Waals surface area contributed by atoms with Crippen molar-refractivity contribution in [3.8, 4) is 0 Å². The first-order valence-electron chi connectivity index (χ1n) is 4.62. The van der Waals surface area contributed by atoms with E-state index in [1.165, 1.54) is 0 Å². The summed E-state index contributed by atoms with van der Waals surface area (Å²) in [6.45, 7) is 1.43. The van der Waals surface area contributed by atoms with Crippen LogP contribution in [0, 0.1) is 5.92 Å². The molecule has 1 rings (SSSR count). The summed E-state index contributed by atoms with van der Waals surface area (Å²) in [5.74, 6) is -1.87. The minimum atomic E-state index is -1.13. The van der Waals surface area contributed by atoms with Crippen LogP contribution in [-0.4, -0.2) is 43.6 Å². The van der Waals surface area contributed by atoms with Crippen molar-refractivity contribution in [3.05, 3.63) is 0 Å². The van der Waals surface area contributed by atoms with Gasteiger partial charge in [0.25, 0.3) is 0 Å². The number of likely N-dealkylation sites (tertiary alicyclic amines) is 1. The number of carbonyl (C=O) groups is 2. The van der Waals surface area contributed by atoms with Crippen molar-refractivity contribution in [1.82, 2.24) is 4.90 Å². The van der Waals surface area contributed by atoms with Gasteiger partial charge in [-0.2, -0.15) is 0 Å². The Morgan fingerprint density at radius 2 is 2.43 bits per heavy atom. The molecule has 1 atom stereocenters. The van der Waals surface area contributed by atoms with E-state index in [1.807, 2.05) is 0 Å². The number of hydrogen-bond acceptors (Lipinski definition) is 4. The highest BCUT2D eigenvalue weighted by atomic mass is 16.5. The van der Waals surface area contributed by atoms with Crippen LogP contribution in [0.4, 0.5) is 0 Å². The van der Waals surface area contributed by atoms with Crippen LogP contribution >= 0.6 is 0 Å². The van der Waals surface area contributed by atoms with Gasteiger partial charge in [0.2, 0.25) is 5.91 Å². The number of carboxylic acids is 1. The lowest BCUT2D eigenvalue weighted by Gasteiger charge is -2.16. The molecule has 1 aliphatic rings. The van der Waals surface area contributed by atoms with Crippen molar-refractivity contribution in [1.29, 1.82) is 0 Å². The zero-order valence-corrected chi connectivity index (χ0v) is 8.19. The van der Waals surface area contributed by atoms with E-state index in [0.29, 0.717) is 13.2 Å². The minimum absolute atomic E-state index is 0.0787. The van der Waals surface area contributed by atoms with Crippen LogP contribution in [-0.2, 0) is 14.3 Å². The SMILES string of the molecule is COCCCN1C[C@H](C(=O)[O-])CC1=O. The van der Waals surface area contributed by atoms with Crippen molar-refractivity contribution in [2.75, 3.05) is 26.8 Å². The quantitative estimate of drug-likeness (QED) is 0.513. The molecule has 0 N–H and O–H groups in total. The van der Waals surface area contributed by atoms with Crippen LogP contribution in [0.2, 0.25) is 0 Å². The number of nitrogens with zero attached hydrogens (tertiary/aromatic N) is 1. The molecule has 0 aromatic rings. The molecular weight excluding hydrogens is 186 g/mol. The third kappa shape index (κ3) is 2.70. The van der Waals surface area contributed by atoms with Gasteiger partial charge in [0.05, 0.1) is 0 Å². The number of ether oxygens (including phenoxy) is 1. The summed E-state index contributed by atoms with van der Waals surface area (Å²) in [5, 5.41) is 10.5. The van der Waals surface area contributed by atoms with Crippen LogP contribution in [0.5, 0.6) is 0 Å². The Bertz CT molecular complexity index is 229. The van der Waals surface area contributed by atoms with Crippen molar-refractivity contribution < 1.29 is 19.4 Å². The molecule has 80 valence electrons. The molecule has 1 aliphatic heterocycles. The maximum absolute atomic E-state index is 11.3. The third-order valence-corrected chi connectivity index (χ3v) is 2.32. The average Bonchev–Trinajstić information content (AvgIpc) is 2.49. The molecule has 0 unspecified atom stereocenters. The molecule has 1 saturated heterocycles. The predicted molar refractivity (Wildman–Crippen MR) is 46.2 cm³/mol. The number of carbonyl (C=O) groups excluding carboxylic acids is 2. The summed E-state index contributed by atoms with van der Waals surface area (Å²) in [6.07, 6.45) is 0.817. The summed E-state index contributed by atoms with van der Waals surface area (Å²) in [4.78, 5) is 23.3. The fourth-order valence-corrected chi connectivity index (χ4v) is 1.55. The molecule has 0 radical (unpaired) electrons. The molecule has 0 aromatic carbocycles. The number of methoxy groups -OCH3 is 1. The van der Waals surface area contributed by atoms with E-state index in [-0.39, 0.29) is 18.9 Å². The lowest BCUT2D eigenvalue weighted by atomic mass is 10.1. The number of hydrogen-bond donors (Lipinski definition) is 0. The average molecular weight is 200 g/mol. The lowest BCUT2D eigenvalue weighted by Crippen LogP contribution is -2.34. The first-order chi connectivity index (χ1) is 6.65. The van der Waals surface area contributed by atoms with Crippen molar-refractivity contribution in [2.24, 2.45) is 5.92 Å². The molecule has 5 heteroatoms. The second kappa shape index (κ2) is 4.95. The monoisotopic (exact) mass is 200 g/mol. The van der Waals surface area contributed by atoms with Crippen LogP contribution in [0.25, 0.3) is 0 Å². The van der Waals surface area contributed by atoms with Gasteiger partial charge < -0.3 is 19.5 Å². The highest BCUT2D eigenvalue weighted by Gasteiger charge is 2.29. The van der Waals surface area contributed by atoms with Gasteiger partial charge >= 0.3 is 0 Å².